The van der Waals surface area contributed by atoms with Gasteiger partial charge in [-0.1, -0.05) is 57.0 Å². The zero-order valence-electron chi connectivity index (χ0n) is 13.3. The van der Waals surface area contributed by atoms with Crippen LogP contribution in [0.3, 0.4) is 0 Å². The van der Waals surface area contributed by atoms with Gasteiger partial charge in [0.25, 0.3) is 0 Å². The molecule has 0 bridgehead atoms. The van der Waals surface area contributed by atoms with Gasteiger partial charge in [0.2, 0.25) is 0 Å². The van der Waals surface area contributed by atoms with Gasteiger partial charge < -0.3 is 14.8 Å². The first-order chi connectivity index (χ1) is 10.7. The highest BCUT2D eigenvalue weighted by Gasteiger charge is 2.11. The van der Waals surface area contributed by atoms with Crippen LogP contribution in [0.5, 0.6) is 0 Å². The second-order valence-corrected chi connectivity index (χ2v) is 5.16. The van der Waals surface area contributed by atoms with Crippen molar-refractivity contribution in [3.05, 3.63) is 35.9 Å². The van der Waals surface area contributed by atoms with Crippen LogP contribution in [0, 0.1) is 5.92 Å². The molecule has 0 saturated carbocycles. The Bertz CT molecular complexity index is 447. The molecular formula is C17H25NO4. The Balaban J connectivity index is 2.16. The summed E-state index contributed by atoms with van der Waals surface area (Å²) in [6.07, 6.45) is 2.46. The smallest absolute Gasteiger partial charge is 0.407 e. The lowest BCUT2D eigenvalue weighted by Gasteiger charge is -2.14. The van der Waals surface area contributed by atoms with E-state index in [2.05, 4.69) is 19.2 Å². The molecular weight excluding hydrogens is 282 g/mol. The standard InChI is InChI=1S/C17H25NO4/c1-3-8-14(4-2)12-21-16(19)11-18-17(20)22-13-15-9-6-5-7-10-15/h5-7,9-10,14H,3-4,8,11-13H2,1-2H3,(H,18,20). The molecule has 1 aromatic carbocycles. The van der Waals surface area contributed by atoms with Crippen LogP contribution in [0.25, 0.3) is 0 Å². The van der Waals surface area contributed by atoms with Crippen molar-refractivity contribution in [1.82, 2.24) is 5.32 Å². The van der Waals surface area contributed by atoms with Gasteiger partial charge in [0, 0.05) is 0 Å². The summed E-state index contributed by atoms with van der Waals surface area (Å²) in [6.45, 7) is 4.60. The number of nitrogens with one attached hydrogen (secondary N) is 1. The van der Waals surface area contributed by atoms with Crippen LogP contribution >= 0.6 is 0 Å². The maximum absolute atomic E-state index is 11.6. The second kappa shape index (κ2) is 10.7. The minimum Gasteiger partial charge on any atom is -0.464 e. The normalized spacial score (nSPS) is 11.5. The maximum atomic E-state index is 11.6. The minimum atomic E-state index is -0.624. The SMILES string of the molecule is CCCC(CC)COC(=O)CNC(=O)OCc1ccccc1. The third kappa shape index (κ3) is 7.67. The summed E-state index contributed by atoms with van der Waals surface area (Å²) in [4.78, 5) is 23.0. The van der Waals surface area contributed by atoms with Crippen LogP contribution < -0.4 is 5.32 Å². The Morgan fingerprint density at radius 3 is 2.50 bits per heavy atom. The van der Waals surface area contributed by atoms with Gasteiger partial charge in [0.15, 0.2) is 0 Å². The van der Waals surface area contributed by atoms with Crippen LogP contribution in [0.1, 0.15) is 38.7 Å². The lowest BCUT2D eigenvalue weighted by atomic mass is 10.0. The number of esters is 1. The Morgan fingerprint density at radius 2 is 1.86 bits per heavy atom. The summed E-state index contributed by atoms with van der Waals surface area (Å²) >= 11 is 0. The molecule has 1 N–H and O–H groups in total. The predicted octanol–water partition coefficient (Wildman–Crippen LogP) is 3.28. The highest BCUT2D eigenvalue weighted by molar-refractivity contribution is 5.77. The Morgan fingerprint density at radius 1 is 1.14 bits per heavy atom. The Labute approximate surface area is 132 Å². The largest absolute Gasteiger partial charge is 0.464 e. The average Bonchev–Trinajstić information content (AvgIpc) is 2.55. The first kappa shape index (κ1) is 18.0. The van der Waals surface area contributed by atoms with Gasteiger partial charge >= 0.3 is 12.1 Å². The lowest BCUT2D eigenvalue weighted by Crippen LogP contribution is -2.31. The molecule has 0 aliphatic rings. The van der Waals surface area contributed by atoms with Crippen LogP contribution in [-0.4, -0.2) is 25.2 Å². The van der Waals surface area contributed by atoms with Crippen LogP contribution in [0.4, 0.5) is 4.79 Å². The van der Waals surface area contributed by atoms with Gasteiger partial charge in [-0.25, -0.2) is 4.79 Å². The van der Waals surface area contributed by atoms with E-state index in [1.165, 1.54) is 0 Å². The number of ether oxygens (including phenoxy) is 2. The van der Waals surface area contributed by atoms with E-state index < -0.39 is 12.1 Å². The van der Waals surface area contributed by atoms with Crippen LogP contribution in [0.2, 0.25) is 0 Å². The number of rotatable bonds is 9. The number of amides is 1. The molecule has 5 heteroatoms. The molecule has 5 nitrogen and oxygen atoms in total. The lowest BCUT2D eigenvalue weighted by molar-refractivity contribution is -0.143. The van der Waals surface area contributed by atoms with Crippen LogP contribution in [-0.2, 0) is 20.9 Å². The molecule has 0 heterocycles. The molecule has 1 aromatic rings. The van der Waals surface area contributed by atoms with Gasteiger partial charge in [-0.15, -0.1) is 0 Å². The van der Waals surface area contributed by atoms with E-state index in [-0.39, 0.29) is 13.2 Å². The average molecular weight is 307 g/mol. The molecule has 0 radical (unpaired) electrons. The Kier molecular flexibility index (Phi) is 8.72. The molecule has 0 fully saturated rings. The topological polar surface area (TPSA) is 64.6 Å². The third-order valence-electron chi connectivity index (χ3n) is 3.34. The van der Waals surface area contributed by atoms with Gasteiger partial charge in [0.05, 0.1) is 6.61 Å². The van der Waals surface area contributed by atoms with Crippen molar-refractivity contribution in [2.45, 2.75) is 39.7 Å². The summed E-state index contributed by atoms with van der Waals surface area (Å²) in [6, 6.07) is 9.35. The van der Waals surface area contributed by atoms with E-state index in [4.69, 9.17) is 9.47 Å². The fraction of sp³-hybridized carbons (Fsp3) is 0.529. The molecule has 1 atom stereocenters. The van der Waals surface area contributed by atoms with E-state index in [0.29, 0.717) is 12.5 Å². The van der Waals surface area contributed by atoms with Crippen molar-refractivity contribution >= 4 is 12.1 Å². The molecule has 0 aliphatic carbocycles. The number of carbonyl (C=O) groups is 2. The number of hydrogen-bond donors (Lipinski definition) is 1. The first-order valence-corrected chi connectivity index (χ1v) is 7.75. The monoisotopic (exact) mass is 307 g/mol. The van der Waals surface area contributed by atoms with E-state index >= 15 is 0 Å². The zero-order valence-corrected chi connectivity index (χ0v) is 13.3. The number of hydrogen-bond acceptors (Lipinski definition) is 4. The van der Waals surface area contributed by atoms with Crippen molar-refractivity contribution in [2.75, 3.05) is 13.2 Å². The summed E-state index contributed by atoms with van der Waals surface area (Å²) in [7, 11) is 0. The van der Waals surface area contributed by atoms with Gasteiger partial charge in [0.1, 0.15) is 13.2 Å². The van der Waals surface area contributed by atoms with Crippen molar-refractivity contribution in [1.29, 1.82) is 0 Å². The summed E-state index contributed by atoms with van der Waals surface area (Å²) in [5, 5.41) is 2.39. The van der Waals surface area contributed by atoms with Gasteiger partial charge in [-0.2, -0.15) is 0 Å². The predicted molar refractivity (Wildman–Crippen MR) is 84.3 cm³/mol. The van der Waals surface area contributed by atoms with Crippen molar-refractivity contribution in [3.63, 3.8) is 0 Å². The number of carbonyl (C=O) groups excluding carboxylic acids is 2. The second-order valence-electron chi connectivity index (χ2n) is 5.16. The number of benzene rings is 1. The molecule has 0 saturated heterocycles. The van der Waals surface area contributed by atoms with Gasteiger partial charge in [-0.3, -0.25) is 4.79 Å². The fourth-order valence-electron chi connectivity index (χ4n) is 1.99. The van der Waals surface area contributed by atoms with E-state index in [1.54, 1.807) is 0 Å². The van der Waals surface area contributed by atoms with Crippen LogP contribution in [0.15, 0.2) is 30.3 Å². The third-order valence-corrected chi connectivity index (χ3v) is 3.34. The fourth-order valence-corrected chi connectivity index (χ4v) is 1.99. The molecule has 0 aliphatic heterocycles. The summed E-state index contributed by atoms with van der Waals surface area (Å²) in [5.41, 5.74) is 0.894. The summed E-state index contributed by atoms with van der Waals surface area (Å²) < 4.78 is 10.2. The highest BCUT2D eigenvalue weighted by atomic mass is 16.6. The molecule has 1 rings (SSSR count). The van der Waals surface area contributed by atoms with E-state index in [1.807, 2.05) is 30.3 Å². The zero-order chi connectivity index (χ0) is 16.2. The van der Waals surface area contributed by atoms with Crippen molar-refractivity contribution < 1.29 is 19.1 Å². The van der Waals surface area contributed by atoms with E-state index in [9.17, 15) is 9.59 Å². The molecule has 22 heavy (non-hydrogen) atoms. The molecule has 0 aromatic heterocycles. The highest BCUT2D eigenvalue weighted by Crippen LogP contribution is 2.10. The number of alkyl carbamates (subject to hydrolysis) is 1. The van der Waals surface area contributed by atoms with Gasteiger partial charge in [-0.05, 0) is 17.9 Å². The van der Waals surface area contributed by atoms with E-state index in [0.717, 1.165) is 24.8 Å². The van der Waals surface area contributed by atoms with Crippen molar-refractivity contribution in [2.24, 2.45) is 5.92 Å². The first-order valence-electron chi connectivity index (χ1n) is 7.75. The molecule has 1 amide bonds. The van der Waals surface area contributed by atoms with Crippen molar-refractivity contribution in [3.8, 4) is 0 Å². The Hall–Kier alpha value is -2.04. The summed E-state index contributed by atoms with van der Waals surface area (Å²) in [5.74, 6) is -0.0507. The minimum absolute atomic E-state index is 0.170. The quantitative estimate of drug-likeness (QED) is 0.711. The molecule has 122 valence electrons. The maximum Gasteiger partial charge on any atom is 0.407 e. The molecule has 0 spiro atoms. The molecule has 1 unspecified atom stereocenters.